The molecule has 1 saturated heterocycles. The maximum Gasteiger partial charge on any atom is 0.143 e. The monoisotopic (exact) mass is 663 g/mol. The molecule has 3 N–H and O–H groups in total. The van der Waals surface area contributed by atoms with Gasteiger partial charge in [-0.2, -0.15) is 0 Å². The van der Waals surface area contributed by atoms with Crippen LogP contribution >= 0.6 is 0 Å². The average Bonchev–Trinajstić information content (AvgIpc) is 3.88. The van der Waals surface area contributed by atoms with Crippen molar-refractivity contribution in [3.63, 3.8) is 0 Å². The number of furan rings is 3. The quantitative estimate of drug-likeness (QED) is 0.174. The highest BCUT2D eigenvalue weighted by molar-refractivity contribution is 6.11. The lowest BCUT2D eigenvalue weighted by Gasteiger charge is -2.39. The third-order valence-corrected chi connectivity index (χ3v) is 10.7. The minimum atomic E-state index is -0.223. The summed E-state index contributed by atoms with van der Waals surface area (Å²) in [6.45, 7) is 0. The highest BCUT2D eigenvalue weighted by Crippen LogP contribution is 2.41. The van der Waals surface area contributed by atoms with E-state index in [1.807, 2.05) is 12.1 Å². The molecule has 1 aliphatic heterocycles. The molecule has 2 aliphatic rings. The van der Waals surface area contributed by atoms with Gasteiger partial charge in [0, 0.05) is 43.6 Å². The minimum Gasteiger partial charge on any atom is -0.456 e. The van der Waals surface area contributed by atoms with Crippen LogP contribution in [0.5, 0.6) is 0 Å². The molecule has 0 saturated carbocycles. The van der Waals surface area contributed by atoms with Gasteiger partial charge in [0.25, 0.3) is 0 Å². The maximum atomic E-state index is 6.93. The molecule has 3 unspecified atom stereocenters. The highest BCUT2D eigenvalue weighted by atomic mass is 16.3. The Bertz CT molecular complexity index is 2820. The molecule has 3 aromatic heterocycles. The van der Waals surface area contributed by atoms with Gasteiger partial charge in [-0.25, -0.2) is 0 Å². The number of aryl methyl sites for hydroxylation is 1. The van der Waals surface area contributed by atoms with E-state index in [1.165, 1.54) is 10.9 Å². The van der Waals surface area contributed by atoms with Crippen molar-refractivity contribution in [2.75, 3.05) is 0 Å². The number of nitrogens with one attached hydrogen (secondary N) is 3. The van der Waals surface area contributed by atoms with Crippen LogP contribution in [-0.2, 0) is 6.42 Å². The Kier molecular flexibility index (Phi) is 6.40. The summed E-state index contributed by atoms with van der Waals surface area (Å²) in [6.07, 6.45) is 5.84. The molecule has 4 heterocycles. The van der Waals surface area contributed by atoms with Crippen molar-refractivity contribution in [3.05, 3.63) is 161 Å². The number of para-hydroxylation sites is 3. The van der Waals surface area contributed by atoms with Crippen molar-refractivity contribution >= 4 is 60.9 Å². The lowest BCUT2D eigenvalue weighted by Crippen LogP contribution is -2.54. The first-order valence-electron chi connectivity index (χ1n) is 17.7. The molecule has 9 aromatic rings. The summed E-state index contributed by atoms with van der Waals surface area (Å²) in [5.74, 6) is 0.978. The van der Waals surface area contributed by atoms with Crippen LogP contribution in [0.1, 0.15) is 52.9 Å². The van der Waals surface area contributed by atoms with Gasteiger partial charge in [-0.05, 0) is 53.8 Å². The van der Waals surface area contributed by atoms with Crippen molar-refractivity contribution in [1.82, 2.24) is 16.0 Å². The molecule has 3 atom stereocenters. The third kappa shape index (κ3) is 4.61. The van der Waals surface area contributed by atoms with Crippen LogP contribution < -0.4 is 16.0 Å². The number of fused-ring (bicyclic) bond motifs is 9. The van der Waals surface area contributed by atoms with E-state index in [4.69, 9.17) is 13.3 Å². The summed E-state index contributed by atoms with van der Waals surface area (Å²) >= 11 is 0. The molecule has 246 valence electrons. The summed E-state index contributed by atoms with van der Waals surface area (Å²) in [4.78, 5) is 0. The Balaban J connectivity index is 1.02. The zero-order chi connectivity index (χ0) is 33.5. The smallest absolute Gasteiger partial charge is 0.143 e. The van der Waals surface area contributed by atoms with Gasteiger partial charge in [0.1, 0.15) is 33.7 Å². The van der Waals surface area contributed by atoms with Gasteiger partial charge in [0.15, 0.2) is 0 Å². The van der Waals surface area contributed by atoms with E-state index in [0.717, 1.165) is 95.9 Å². The summed E-state index contributed by atoms with van der Waals surface area (Å²) < 4.78 is 19.5. The Morgan fingerprint density at radius 2 is 1.22 bits per heavy atom. The van der Waals surface area contributed by atoms with Gasteiger partial charge >= 0.3 is 0 Å². The van der Waals surface area contributed by atoms with E-state index in [2.05, 4.69) is 143 Å². The molecule has 6 aromatic carbocycles. The van der Waals surface area contributed by atoms with Gasteiger partial charge < -0.3 is 13.3 Å². The van der Waals surface area contributed by atoms with Crippen molar-refractivity contribution in [2.45, 2.75) is 31.3 Å². The first-order valence-corrected chi connectivity index (χ1v) is 17.7. The summed E-state index contributed by atoms with van der Waals surface area (Å²) in [5, 5.41) is 17.1. The molecule has 6 heteroatoms. The van der Waals surface area contributed by atoms with Crippen molar-refractivity contribution < 1.29 is 13.3 Å². The van der Waals surface area contributed by atoms with Crippen LogP contribution in [0.4, 0.5) is 0 Å². The van der Waals surface area contributed by atoms with Gasteiger partial charge in [-0.1, -0.05) is 115 Å². The Hall–Kier alpha value is -5.92. The molecule has 6 nitrogen and oxygen atoms in total. The molecule has 0 bridgehead atoms. The van der Waals surface area contributed by atoms with E-state index in [1.54, 1.807) is 0 Å². The number of allylic oxidation sites excluding steroid dienone is 1. The molecule has 0 radical (unpaired) electrons. The normalized spacial score (nSPS) is 19.1. The number of rotatable bonds is 4. The van der Waals surface area contributed by atoms with Crippen LogP contribution in [0.25, 0.3) is 72.0 Å². The molecule has 51 heavy (non-hydrogen) atoms. The van der Waals surface area contributed by atoms with Crippen LogP contribution in [0, 0.1) is 0 Å². The number of benzene rings is 6. The van der Waals surface area contributed by atoms with E-state index in [-0.39, 0.29) is 18.5 Å². The Labute approximate surface area is 293 Å². The predicted octanol–water partition coefficient (Wildman–Crippen LogP) is 11.0. The summed E-state index contributed by atoms with van der Waals surface area (Å²) in [7, 11) is 0. The Morgan fingerprint density at radius 1 is 0.490 bits per heavy atom. The van der Waals surface area contributed by atoms with E-state index < -0.39 is 0 Å². The van der Waals surface area contributed by atoms with Crippen molar-refractivity contribution in [1.29, 1.82) is 0 Å². The Morgan fingerprint density at radius 3 is 2.14 bits per heavy atom. The fraction of sp³-hybridized carbons (Fsp3) is 0.111. The van der Waals surface area contributed by atoms with Gasteiger partial charge in [0.2, 0.25) is 0 Å². The maximum absolute atomic E-state index is 6.93. The fourth-order valence-corrected chi connectivity index (χ4v) is 8.22. The van der Waals surface area contributed by atoms with Gasteiger partial charge in [-0.3, -0.25) is 16.0 Å². The standard InChI is InChI=1S/C45H33N3O3/c1-2-10-26(11-3-1)43-46-44(28-21-23-33-31-13-5-7-19-38(31)50-40(33)25-28)48-45(47-43)36-17-9-16-35-34-15-8-14-29(41(34)51-42(35)36)27-20-22-32-30-12-4-6-18-37(30)49-39(32)24-27/h1-3,5-11,13-25,43-48H,4,12H2. The van der Waals surface area contributed by atoms with Crippen molar-refractivity contribution in [3.8, 4) is 11.1 Å². The third-order valence-electron chi connectivity index (χ3n) is 10.7. The second kappa shape index (κ2) is 11.3. The van der Waals surface area contributed by atoms with Crippen molar-refractivity contribution in [2.24, 2.45) is 0 Å². The lowest BCUT2D eigenvalue weighted by molar-refractivity contribution is 0.203. The van der Waals surface area contributed by atoms with E-state index in [0.29, 0.717) is 0 Å². The second-order valence-corrected chi connectivity index (χ2v) is 13.7. The highest BCUT2D eigenvalue weighted by Gasteiger charge is 2.32. The lowest BCUT2D eigenvalue weighted by atomic mass is 9.98. The first-order chi connectivity index (χ1) is 25.2. The van der Waals surface area contributed by atoms with E-state index >= 15 is 0 Å². The molecule has 1 fully saturated rings. The topological polar surface area (TPSA) is 75.5 Å². The largest absolute Gasteiger partial charge is 0.456 e. The molecule has 0 spiro atoms. The second-order valence-electron chi connectivity index (χ2n) is 13.7. The first kappa shape index (κ1) is 28.9. The predicted molar refractivity (Wildman–Crippen MR) is 204 cm³/mol. The zero-order valence-electron chi connectivity index (χ0n) is 27.7. The molecular weight excluding hydrogens is 631 g/mol. The van der Waals surface area contributed by atoms with Gasteiger partial charge in [-0.15, -0.1) is 0 Å². The molecule has 11 rings (SSSR count). The zero-order valence-corrected chi connectivity index (χ0v) is 27.7. The molecule has 0 amide bonds. The summed E-state index contributed by atoms with van der Waals surface area (Å²) in [6, 6.07) is 44.7. The van der Waals surface area contributed by atoms with Crippen LogP contribution in [0.3, 0.4) is 0 Å². The fourth-order valence-electron chi connectivity index (χ4n) is 8.22. The van der Waals surface area contributed by atoms with Gasteiger partial charge in [0.05, 0.1) is 18.5 Å². The van der Waals surface area contributed by atoms with Crippen LogP contribution in [0.15, 0.2) is 147 Å². The molecular formula is C45H33N3O3. The van der Waals surface area contributed by atoms with E-state index in [9.17, 15) is 0 Å². The number of hydrogen-bond donors (Lipinski definition) is 3. The number of hydrogen-bond acceptors (Lipinski definition) is 6. The SMILES string of the molecule is C1=Cc2oc3cc(-c4cccc5c4oc4c(C6NC(c7ccccc7)NC(c7ccc8c(c7)oc7ccccc78)N6)cccc45)ccc3c2CC1. The average molecular weight is 664 g/mol. The summed E-state index contributed by atoms with van der Waals surface area (Å²) in [5.41, 5.74) is 11.2. The van der Waals surface area contributed by atoms with Crippen LogP contribution in [-0.4, -0.2) is 0 Å². The van der Waals surface area contributed by atoms with Crippen LogP contribution in [0.2, 0.25) is 0 Å². The minimum absolute atomic E-state index is 0.121. The molecule has 1 aliphatic carbocycles.